The fourth-order valence-corrected chi connectivity index (χ4v) is 3.89. The molecular weight excluding hydrogens is 284 g/mol. The topological polar surface area (TPSA) is 25.2 Å². The van der Waals surface area contributed by atoms with E-state index in [2.05, 4.69) is 53.9 Å². The highest BCUT2D eigenvalue weighted by molar-refractivity contribution is 6.15. The fraction of sp³-hybridized carbons (Fsp3) is 0.350. The van der Waals surface area contributed by atoms with Gasteiger partial charge in [-0.1, -0.05) is 18.2 Å². The molecule has 1 aromatic heterocycles. The van der Waals surface area contributed by atoms with Crippen LogP contribution in [0.15, 0.2) is 36.4 Å². The molecule has 1 aliphatic carbocycles. The summed E-state index contributed by atoms with van der Waals surface area (Å²) in [5.74, 6) is 0.298. The summed E-state index contributed by atoms with van der Waals surface area (Å²) in [6.07, 6.45) is 2.67. The third-order valence-corrected chi connectivity index (χ3v) is 4.94. The molecular formula is C20H22N2O. The first-order valence-corrected chi connectivity index (χ1v) is 8.37. The monoisotopic (exact) mass is 306 g/mol. The molecule has 0 unspecified atom stereocenters. The molecule has 0 amide bonds. The number of Topliss-reactive ketones (excluding diaryl/α,β-unsaturated/α-hetero) is 1. The average molecular weight is 306 g/mol. The number of nitrogens with zero attached hydrogens (tertiary/aromatic N) is 2. The summed E-state index contributed by atoms with van der Waals surface area (Å²) in [7, 11) is 4.23. The predicted molar refractivity (Wildman–Crippen MR) is 95.3 cm³/mol. The lowest BCUT2D eigenvalue weighted by Crippen LogP contribution is -2.15. The number of para-hydroxylation sites is 1. The van der Waals surface area contributed by atoms with Gasteiger partial charge in [0.05, 0.1) is 0 Å². The van der Waals surface area contributed by atoms with E-state index in [0.29, 0.717) is 12.2 Å². The van der Waals surface area contributed by atoms with E-state index in [1.54, 1.807) is 0 Å². The molecule has 118 valence electrons. The molecule has 0 aliphatic heterocycles. The Balaban J connectivity index is 1.93. The van der Waals surface area contributed by atoms with Crippen molar-refractivity contribution in [3.63, 3.8) is 0 Å². The van der Waals surface area contributed by atoms with Crippen LogP contribution in [0, 0.1) is 0 Å². The van der Waals surface area contributed by atoms with Crippen molar-refractivity contribution in [3.8, 4) is 0 Å². The Labute approximate surface area is 136 Å². The molecule has 1 aliphatic rings. The van der Waals surface area contributed by atoms with Crippen molar-refractivity contribution in [2.75, 3.05) is 20.6 Å². The molecule has 0 fully saturated rings. The number of hydrogen-bond donors (Lipinski definition) is 0. The maximum Gasteiger partial charge on any atom is 0.163 e. The lowest BCUT2D eigenvalue weighted by molar-refractivity contribution is 0.0994. The van der Waals surface area contributed by atoms with Crippen LogP contribution in [0.5, 0.6) is 0 Å². The number of hydrogen-bond acceptors (Lipinski definition) is 2. The minimum absolute atomic E-state index is 0.298. The van der Waals surface area contributed by atoms with Crippen molar-refractivity contribution in [2.45, 2.75) is 25.8 Å². The van der Waals surface area contributed by atoms with Gasteiger partial charge in [0.25, 0.3) is 0 Å². The maximum absolute atomic E-state index is 12.1. The lowest BCUT2D eigenvalue weighted by atomic mass is 10.0. The minimum Gasteiger partial charge on any atom is -0.340 e. The van der Waals surface area contributed by atoms with E-state index in [9.17, 15) is 4.79 Å². The minimum atomic E-state index is 0.298. The zero-order chi connectivity index (χ0) is 16.0. The van der Waals surface area contributed by atoms with Gasteiger partial charge in [-0.3, -0.25) is 4.79 Å². The first-order chi connectivity index (χ1) is 11.2. The molecule has 0 radical (unpaired) electrons. The summed E-state index contributed by atoms with van der Waals surface area (Å²) in [6, 6.07) is 12.8. The van der Waals surface area contributed by atoms with Crippen molar-refractivity contribution in [1.82, 2.24) is 9.47 Å². The third-order valence-electron chi connectivity index (χ3n) is 4.94. The van der Waals surface area contributed by atoms with E-state index in [1.807, 2.05) is 6.07 Å². The Morgan fingerprint density at radius 3 is 2.70 bits per heavy atom. The van der Waals surface area contributed by atoms with E-state index < -0.39 is 0 Å². The third kappa shape index (κ3) is 2.27. The van der Waals surface area contributed by atoms with Crippen LogP contribution in [-0.2, 0) is 13.0 Å². The van der Waals surface area contributed by atoms with Crippen molar-refractivity contribution in [3.05, 3.63) is 47.5 Å². The van der Waals surface area contributed by atoms with Crippen molar-refractivity contribution in [2.24, 2.45) is 0 Å². The van der Waals surface area contributed by atoms with Gasteiger partial charge in [-0.15, -0.1) is 0 Å². The van der Waals surface area contributed by atoms with Gasteiger partial charge in [-0.2, -0.15) is 0 Å². The van der Waals surface area contributed by atoms with Crippen LogP contribution < -0.4 is 0 Å². The van der Waals surface area contributed by atoms with Crippen LogP contribution >= 0.6 is 0 Å². The van der Waals surface area contributed by atoms with Crippen molar-refractivity contribution in [1.29, 1.82) is 0 Å². The number of ketones is 1. The first kappa shape index (κ1) is 14.5. The van der Waals surface area contributed by atoms with Crippen molar-refractivity contribution >= 4 is 27.6 Å². The predicted octanol–water partition coefficient (Wildman–Crippen LogP) is 3.88. The zero-order valence-corrected chi connectivity index (χ0v) is 13.8. The molecule has 3 heteroatoms. The number of fused-ring (bicyclic) bond motifs is 5. The molecule has 23 heavy (non-hydrogen) atoms. The van der Waals surface area contributed by atoms with Crippen LogP contribution in [0.4, 0.5) is 0 Å². The molecule has 0 bridgehead atoms. The molecule has 0 spiro atoms. The maximum atomic E-state index is 12.1. The van der Waals surface area contributed by atoms with E-state index in [-0.39, 0.29) is 0 Å². The van der Waals surface area contributed by atoms with Gasteiger partial charge in [-0.05, 0) is 57.2 Å². The largest absolute Gasteiger partial charge is 0.340 e. The smallest absolute Gasteiger partial charge is 0.163 e. The van der Waals surface area contributed by atoms with Crippen LogP contribution in [0.3, 0.4) is 0 Å². The van der Waals surface area contributed by atoms with Gasteiger partial charge in [-0.25, -0.2) is 0 Å². The lowest BCUT2D eigenvalue weighted by Gasteiger charge is -2.11. The SMILES string of the molecule is CN(C)CCCn1c2ccccc2c2c3c(ccc21)C(=O)CC3. The number of aromatic nitrogens is 1. The molecule has 0 atom stereocenters. The van der Waals surface area contributed by atoms with Crippen LogP contribution in [0.1, 0.15) is 28.8 Å². The summed E-state index contributed by atoms with van der Waals surface area (Å²) in [6.45, 7) is 2.09. The van der Waals surface area contributed by atoms with Gasteiger partial charge in [0.15, 0.2) is 5.78 Å². The van der Waals surface area contributed by atoms with Gasteiger partial charge in [0.2, 0.25) is 0 Å². The number of aryl methyl sites for hydroxylation is 2. The highest BCUT2D eigenvalue weighted by Crippen LogP contribution is 2.37. The second-order valence-corrected chi connectivity index (χ2v) is 6.73. The molecule has 0 N–H and O–H groups in total. The number of carbonyl (C=O) groups excluding carboxylic acids is 1. The van der Waals surface area contributed by atoms with Gasteiger partial charge < -0.3 is 9.47 Å². The Morgan fingerprint density at radius 1 is 1.04 bits per heavy atom. The van der Waals surface area contributed by atoms with E-state index in [1.165, 1.54) is 27.4 Å². The summed E-state index contributed by atoms with van der Waals surface area (Å²) in [4.78, 5) is 14.3. The number of rotatable bonds is 4. The van der Waals surface area contributed by atoms with Gasteiger partial charge >= 0.3 is 0 Å². The first-order valence-electron chi connectivity index (χ1n) is 8.37. The summed E-state index contributed by atoms with van der Waals surface area (Å²) in [5.41, 5.74) is 4.76. The Bertz CT molecular complexity index is 905. The molecule has 3 nitrogen and oxygen atoms in total. The van der Waals surface area contributed by atoms with Crippen LogP contribution in [0.2, 0.25) is 0 Å². The normalized spacial score (nSPS) is 14.3. The number of benzene rings is 2. The second-order valence-electron chi connectivity index (χ2n) is 6.73. The fourth-order valence-electron chi connectivity index (χ4n) is 3.89. The molecule has 2 aromatic carbocycles. The Hall–Kier alpha value is -2.13. The Kier molecular flexibility index (Phi) is 3.46. The average Bonchev–Trinajstić information content (AvgIpc) is 3.06. The van der Waals surface area contributed by atoms with E-state index in [0.717, 1.165) is 31.5 Å². The molecule has 0 saturated heterocycles. The molecule has 0 saturated carbocycles. The standard InChI is InChI=1S/C20H22N2O/c1-21(2)12-5-13-22-17-7-4-3-6-16(17)20-15-9-11-19(23)14(15)8-10-18(20)22/h3-4,6-8,10H,5,9,11-13H2,1-2H3. The number of carbonyl (C=O) groups is 1. The van der Waals surface area contributed by atoms with E-state index in [4.69, 9.17) is 0 Å². The zero-order valence-electron chi connectivity index (χ0n) is 13.8. The van der Waals surface area contributed by atoms with Crippen LogP contribution in [-0.4, -0.2) is 35.9 Å². The van der Waals surface area contributed by atoms with Crippen molar-refractivity contribution < 1.29 is 4.79 Å². The highest BCUT2D eigenvalue weighted by atomic mass is 16.1. The van der Waals surface area contributed by atoms with Gasteiger partial charge in [0.1, 0.15) is 0 Å². The molecule has 4 rings (SSSR count). The molecule has 1 heterocycles. The summed E-state index contributed by atoms with van der Waals surface area (Å²) < 4.78 is 2.43. The second kappa shape index (κ2) is 5.50. The highest BCUT2D eigenvalue weighted by Gasteiger charge is 2.24. The van der Waals surface area contributed by atoms with E-state index >= 15 is 0 Å². The quantitative estimate of drug-likeness (QED) is 0.731. The summed E-state index contributed by atoms with van der Waals surface area (Å²) >= 11 is 0. The molecule has 3 aromatic rings. The van der Waals surface area contributed by atoms with Gasteiger partial charge in [0, 0.05) is 40.3 Å². The Morgan fingerprint density at radius 2 is 1.87 bits per heavy atom. The van der Waals surface area contributed by atoms with Crippen LogP contribution in [0.25, 0.3) is 21.8 Å². The summed E-state index contributed by atoms with van der Waals surface area (Å²) in [5, 5.41) is 2.59.